The first-order valence-corrected chi connectivity index (χ1v) is 13.5. The van der Waals surface area contributed by atoms with E-state index in [9.17, 15) is 4.39 Å². The van der Waals surface area contributed by atoms with Crippen molar-refractivity contribution in [1.82, 2.24) is 15.3 Å². The summed E-state index contributed by atoms with van der Waals surface area (Å²) < 4.78 is 27.2. The maximum absolute atomic E-state index is 14.6. The van der Waals surface area contributed by atoms with Crippen LogP contribution in [0.15, 0.2) is 36.7 Å². The molecule has 6 nitrogen and oxygen atoms in total. The van der Waals surface area contributed by atoms with Gasteiger partial charge in [-0.3, -0.25) is 0 Å². The Morgan fingerprint density at radius 1 is 1.03 bits per heavy atom. The van der Waals surface area contributed by atoms with E-state index < -0.39 is 5.82 Å². The van der Waals surface area contributed by atoms with Crippen LogP contribution < -0.4 is 20.1 Å². The predicted octanol–water partition coefficient (Wildman–Crippen LogP) is 7.04. The minimum Gasteiger partial charge on any atom is -0.490 e. The highest BCUT2D eigenvalue weighted by Crippen LogP contribution is 2.37. The number of nitrogens with one attached hydrogen (secondary N) is 2. The van der Waals surface area contributed by atoms with Crippen molar-refractivity contribution >= 4 is 34.0 Å². The second-order valence-electron chi connectivity index (χ2n) is 9.83. The maximum atomic E-state index is 14.6. The third kappa shape index (κ3) is 6.19. The van der Waals surface area contributed by atoms with Crippen molar-refractivity contribution in [1.29, 1.82) is 0 Å². The first-order chi connectivity index (χ1) is 17.7. The number of benzene rings is 2. The number of rotatable bonds is 10. The van der Waals surface area contributed by atoms with Crippen LogP contribution in [0.5, 0.6) is 11.5 Å². The predicted molar refractivity (Wildman–Crippen MR) is 142 cm³/mol. The Kier molecular flexibility index (Phi) is 8.39. The van der Waals surface area contributed by atoms with Gasteiger partial charge in [-0.25, -0.2) is 14.4 Å². The number of aromatic nitrogens is 2. The Balaban J connectivity index is 1.37. The molecule has 2 fully saturated rings. The Morgan fingerprint density at radius 3 is 2.69 bits per heavy atom. The maximum Gasteiger partial charge on any atom is 0.165 e. The van der Waals surface area contributed by atoms with E-state index in [1.54, 1.807) is 12.1 Å². The summed E-state index contributed by atoms with van der Waals surface area (Å²) in [5, 5.41) is 7.24. The summed E-state index contributed by atoms with van der Waals surface area (Å²) in [6, 6.07) is 8.66. The second kappa shape index (κ2) is 12.1. The lowest BCUT2D eigenvalue weighted by Crippen LogP contribution is -2.34. The summed E-state index contributed by atoms with van der Waals surface area (Å²) in [6.07, 6.45) is 12.5. The minimum absolute atomic E-state index is 0.0534. The zero-order valence-corrected chi connectivity index (χ0v) is 21.3. The van der Waals surface area contributed by atoms with Gasteiger partial charge < -0.3 is 20.1 Å². The van der Waals surface area contributed by atoms with Gasteiger partial charge in [-0.05, 0) is 62.9 Å². The van der Waals surface area contributed by atoms with Crippen LogP contribution in [0.4, 0.5) is 15.9 Å². The summed E-state index contributed by atoms with van der Waals surface area (Å²) in [6.45, 7) is 2.51. The van der Waals surface area contributed by atoms with Crippen LogP contribution in [0.3, 0.4) is 0 Å². The number of ether oxygens (including phenoxy) is 2. The van der Waals surface area contributed by atoms with Gasteiger partial charge >= 0.3 is 0 Å². The Labute approximate surface area is 217 Å². The third-order valence-electron chi connectivity index (χ3n) is 7.22. The molecule has 0 bridgehead atoms. The molecular weight excluding hydrogens is 479 g/mol. The van der Waals surface area contributed by atoms with E-state index in [0.29, 0.717) is 29.4 Å². The zero-order valence-electron chi connectivity index (χ0n) is 20.6. The number of unbranched alkanes of at least 4 members (excludes halogenated alkanes) is 1. The van der Waals surface area contributed by atoms with Gasteiger partial charge in [0, 0.05) is 11.5 Å². The average molecular weight is 513 g/mol. The minimum atomic E-state index is -0.518. The van der Waals surface area contributed by atoms with E-state index in [1.165, 1.54) is 50.9 Å². The van der Waals surface area contributed by atoms with E-state index in [-0.39, 0.29) is 16.8 Å². The van der Waals surface area contributed by atoms with Crippen LogP contribution in [0, 0.1) is 11.7 Å². The number of hydrogen-bond acceptors (Lipinski definition) is 6. The van der Waals surface area contributed by atoms with Gasteiger partial charge in [0.25, 0.3) is 0 Å². The molecule has 3 aromatic rings. The molecule has 1 aliphatic heterocycles. The third-order valence-corrected chi connectivity index (χ3v) is 7.52. The van der Waals surface area contributed by atoms with Gasteiger partial charge in [-0.15, -0.1) is 0 Å². The van der Waals surface area contributed by atoms with Crippen LogP contribution in [-0.2, 0) is 0 Å². The number of halogens is 2. The molecule has 2 aromatic carbocycles. The van der Waals surface area contributed by atoms with Gasteiger partial charge in [0.15, 0.2) is 17.3 Å². The molecule has 2 aliphatic rings. The number of fused-ring (bicyclic) bond motifs is 1. The van der Waals surface area contributed by atoms with Gasteiger partial charge in [-0.1, -0.05) is 49.8 Å². The van der Waals surface area contributed by atoms with Crippen LogP contribution in [0.2, 0.25) is 5.02 Å². The van der Waals surface area contributed by atoms with Crippen LogP contribution in [-0.4, -0.2) is 35.8 Å². The molecule has 2 heterocycles. The number of hydrogen-bond donors (Lipinski definition) is 2. The lowest BCUT2D eigenvalue weighted by molar-refractivity contribution is 0.154. The van der Waals surface area contributed by atoms with Crippen LogP contribution >= 0.6 is 11.6 Å². The molecule has 0 unspecified atom stereocenters. The van der Waals surface area contributed by atoms with Crippen molar-refractivity contribution in [2.75, 3.05) is 25.0 Å². The van der Waals surface area contributed by atoms with E-state index in [1.807, 2.05) is 12.1 Å². The van der Waals surface area contributed by atoms with Gasteiger partial charge in [-0.2, -0.15) is 0 Å². The Hall–Kier alpha value is -2.64. The Bertz CT molecular complexity index is 1170. The molecule has 0 spiro atoms. The van der Waals surface area contributed by atoms with Crippen LogP contribution in [0.1, 0.15) is 57.8 Å². The van der Waals surface area contributed by atoms with Gasteiger partial charge in [0.2, 0.25) is 0 Å². The number of piperidine rings is 1. The first kappa shape index (κ1) is 25.0. The highest BCUT2D eigenvalue weighted by Gasteiger charge is 2.20. The molecule has 192 valence electrons. The second-order valence-corrected chi connectivity index (χ2v) is 10.2. The van der Waals surface area contributed by atoms with Crippen molar-refractivity contribution in [3.63, 3.8) is 0 Å². The molecule has 5 rings (SSSR count). The number of nitrogens with zero attached hydrogens (tertiary/aromatic N) is 2. The number of anilines is 2. The standard InChI is InChI=1S/C28H34ClFN4O2/c29-22-9-5-10-23(27(22)30)34-28-21-16-25(35-15-4-3-8-19-6-1-2-7-19)26(17-24(21)32-18-33-28)36-20-11-13-31-14-12-20/h5,9-10,16-20,31H,1-4,6-8,11-15H2,(H,32,33,34). The monoisotopic (exact) mass is 512 g/mol. The van der Waals surface area contributed by atoms with Gasteiger partial charge in [0.1, 0.15) is 18.2 Å². The molecule has 0 atom stereocenters. The van der Waals surface area contributed by atoms with Crippen molar-refractivity contribution in [2.45, 2.75) is 63.9 Å². The molecule has 1 saturated heterocycles. The summed E-state index contributed by atoms with van der Waals surface area (Å²) in [7, 11) is 0. The van der Waals surface area contributed by atoms with Gasteiger partial charge in [0.05, 0.1) is 22.8 Å². The van der Waals surface area contributed by atoms with E-state index >= 15 is 0 Å². The normalized spacial score (nSPS) is 16.9. The SMILES string of the molecule is Fc1c(Cl)cccc1Nc1ncnc2cc(OC3CCNCC3)c(OCCCCC3CCCC3)cc12. The lowest BCUT2D eigenvalue weighted by atomic mass is 10.0. The van der Waals surface area contributed by atoms with E-state index in [4.69, 9.17) is 21.1 Å². The topological polar surface area (TPSA) is 68.3 Å². The fraction of sp³-hybridized carbons (Fsp3) is 0.500. The smallest absolute Gasteiger partial charge is 0.165 e. The lowest BCUT2D eigenvalue weighted by Gasteiger charge is -2.25. The molecular formula is C28H34ClFN4O2. The first-order valence-electron chi connectivity index (χ1n) is 13.2. The summed E-state index contributed by atoms with van der Waals surface area (Å²) in [5.41, 5.74) is 0.958. The molecule has 1 aromatic heterocycles. The zero-order chi connectivity index (χ0) is 24.7. The summed E-state index contributed by atoms with van der Waals surface area (Å²) in [4.78, 5) is 8.83. The van der Waals surface area contributed by atoms with E-state index in [0.717, 1.165) is 43.7 Å². The molecule has 2 N–H and O–H groups in total. The molecule has 1 aliphatic carbocycles. The molecule has 36 heavy (non-hydrogen) atoms. The average Bonchev–Trinajstić information content (AvgIpc) is 3.41. The van der Waals surface area contributed by atoms with Crippen LogP contribution in [0.25, 0.3) is 10.9 Å². The molecule has 8 heteroatoms. The molecule has 0 amide bonds. The fourth-order valence-corrected chi connectivity index (χ4v) is 5.38. The summed E-state index contributed by atoms with van der Waals surface area (Å²) >= 11 is 5.97. The van der Waals surface area contributed by atoms with Crippen molar-refractivity contribution in [3.05, 3.63) is 47.5 Å². The highest BCUT2D eigenvalue weighted by atomic mass is 35.5. The molecule has 1 saturated carbocycles. The molecule has 0 radical (unpaired) electrons. The highest BCUT2D eigenvalue weighted by molar-refractivity contribution is 6.31. The van der Waals surface area contributed by atoms with E-state index in [2.05, 4.69) is 20.6 Å². The van der Waals surface area contributed by atoms with Crippen molar-refractivity contribution < 1.29 is 13.9 Å². The largest absolute Gasteiger partial charge is 0.490 e. The Morgan fingerprint density at radius 2 is 1.86 bits per heavy atom. The fourth-order valence-electron chi connectivity index (χ4n) is 5.21. The van der Waals surface area contributed by atoms with Crippen molar-refractivity contribution in [3.8, 4) is 11.5 Å². The van der Waals surface area contributed by atoms with Crippen molar-refractivity contribution in [2.24, 2.45) is 5.92 Å². The summed E-state index contributed by atoms with van der Waals surface area (Å²) in [5.74, 6) is 2.23. The quantitative estimate of drug-likeness (QED) is 0.284.